The van der Waals surface area contributed by atoms with Crippen LogP contribution in [0.2, 0.25) is 0 Å². The van der Waals surface area contributed by atoms with Crippen LogP contribution >= 0.6 is 0 Å². The highest BCUT2D eigenvalue weighted by molar-refractivity contribution is 5.96. The normalized spacial score (nSPS) is 20.4. The van der Waals surface area contributed by atoms with Crippen molar-refractivity contribution in [3.05, 3.63) is 59.7 Å². The van der Waals surface area contributed by atoms with Crippen molar-refractivity contribution in [2.75, 3.05) is 19.7 Å². The van der Waals surface area contributed by atoms with Gasteiger partial charge in [-0.25, -0.2) is 19.2 Å². The van der Waals surface area contributed by atoms with Crippen LogP contribution < -0.4 is 11.5 Å². The van der Waals surface area contributed by atoms with Crippen molar-refractivity contribution in [1.29, 1.82) is 0 Å². The van der Waals surface area contributed by atoms with Gasteiger partial charge in [-0.1, -0.05) is 48.5 Å². The number of hydrogen-bond acceptors (Lipinski definition) is 7. The number of carbonyl (C=O) groups excluding carboxylic acids is 4. The van der Waals surface area contributed by atoms with Gasteiger partial charge < -0.3 is 20.9 Å². The molecule has 1 aliphatic heterocycles. The smallest absolute Gasteiger partial charge is 0.421 e. The summed E-state index contributed by atoms with van der Waals surface area (Å²) in [6.45, 7) is 7.32. The number of hydrogen-bond donors (Lipinski definition) is 2. The molecule has 1 aliphatic carbocycles. The van der Waals surface area contributed by atoms with Gasteiger partial charge >= 0.3 is 24.1 Å². The maximum Gasteiger partial charge on any atom is 0.421 e. The number of amides is 5. The van der Waals surface area contributed by atoms with Crippen LogP contribution in [0.5, 0.6) is 0 Å². The van der Waals surface area contributed by atoms with Crippen molar-refractivity contribution in [2.45, 2.75) is 83.4 Å². The Hall–Kier alpha value is -3.76. The monoisotopic (exact) mass is 579 g/mol. The molecular formula is C32H43N4O6+. The summed E-state index contributed by atoms with van der Waals surface area (Å²) < 4.78 is 10.8. The Morgan fingerprint density at radius 3 is 2.07 bits per heavy atom. The minimum atomic E-state index is -1.32. The number of quaternary nitrogens is 1. The number of primary amides is 1. The van der Waals surface area contributed by atoms with Gasteiger partial charge in [-0.3, -0.25) is 0 Å². The topological polar surface area (TPSA) is 142 Å². The van der Waals surface area contributed by atoms with Gasteiger partial charge in [0.2, 0.25) is 0 Å². The molecule has 0 bridgehead atoms. The number of ether oxygens (including phenoxy) is 2. The average molecular weight is 580 g/mol. The van der Waals surface area contributed by atoms with Crippen LogP contribution in [0.3, 0.4) is 0 Å². The molecule has 1 saturated heterocycles. The van der Waals surface area contributed by atoms with Crippen molar-refractivity contribution in [3.8, 4) is 11.1 Å². The van der Waals surface area contributed by atoms with E-state index < -0.39 is 46.3 Å². The number of urea groups is 1. The van der Waals surface area contributed by atoms with E-state index in [4.69, 9.17) is 20.9 Å². The van der Waals surface area contributed by atoms with Gasteiger partial charge in [0.1, 0.15) is 18.2 Å². The highest BCUT2D eigenvalue weighted by Gasteiger charge is 2.56. The highest BCUT2D eigenvalue weighted by Crippen LogP contribution is 2.44. The van der Waals surface area contributed by atoms with Crippen LogP contribution in [0.1, 0.15) is 76.8 Å². The number of imide groups is 2. The van der Waals surface area contributed by atoms with Crippen LogP contribution in [0.15, 0.2) is 48.5 Å². The van der Waals surface area contributed by atoms with Gasteiger partial charge in [-0.2, -0.15) is 9.38 Å². The van der Waals surface area contributed by atoms with E-state index in [-0.39, 0.29) is 25.5 Å². The lowest BCUT2D eigenvalue weighted by Crippen LogP contribution is -2.67. The highest BCUT2D eigenvalue weighted by atomic mass is 16.6. The summed E-state index contributed by atoms with van der Waals surface area (Å²) in [4.78, 5) is 55.4. The van der Waals surface area contributed by atoms with Crippen molar-refractivity contribution < 1.29 is 33.1 Å². The van der Waals surface area contributed by atoms with E-state index in [2.05, 4.69) is 0 Å². The summed E-state index contributed by atoms with van der Waals surface area (Å²) in [6, 6.07) is 13.3. The number of unbranched alkanes of at least 4 members (excludes halogenated alkanes) is 1. The SMILES string of the molecule is C[C@@H]1CCC[N+]1(C(N)=O)C(=O)[C@H](CCCCN)N(C(=O)OCC1c2ccccc2-c2ccccc21)C(=O)OC(C)(C)C. The molecule has 0 saturated carbocycles. The second-order valence-electron chi connectivity index (χ2n) is 12.2. The van der Waals surface area contributed by atoms with Gasteiger partial charge in [0, 0.05) is 18.8 Å². The molecule has 1 unspecified atom stereocenters. The predicted octanol–water partition coefficient (Wildman–Crippen LogP) is 5.27. The molecule has 226 valence electrons. The zero-order valence-corrected chi connectivity index (χ0v) is 25.0. The Labute approximate surface area is 247 Å². The number of nitrogens with two attached hydrogens (primary N) is 2. The van der Waals surface area contributed by atoms with Crippen LogP contribution in [-0.4, -0.2) is 70.9 Å². The van der Waals surface area contributed by atoms with E-state index in [1.165, 1.54) is 0 Å². The average Bonchev–Trinajstić information content (AvgIpc) is 3.48. The van der Waals surface area contributed by atoms with Gasteiger partial charge in [-0.05, 0) is 75.8 Å². The summed E-state index contributed by atoms with van der Waals surface area (Å²) in [6.07, 6.45) is 0.301. The molecular weight excluding hydrogens is 536 g/mol. The van der Waals surface area contributed by atoms with Crippen LogP contribution in [0.4, 0.5) is 14.4 Å². The fraction of sp³-hybridized carbons (Fsp3) is 0.500. The fourth-order valence-corrected chi connectivity index (χ4v) is 6.25. The lowest BCUT2D eigenvalue weighted by molar-refractivity contribution is -0.784. The third kappa shape index (κ3) is 6.05. The molecule has 2 aliphatic rings. The molecule has 0 spiro atoms. The lowest BCUT2D eigenvalue weighted by Gasteiger charge is -2.37. The summed E-state index contributed by atoms with van der Waals surface area (Å²) >= 11 is 0. The molecule has 0 aromatic heterocycles. The first-order chi connectivity index (χ1) is 19.9. The third-order valence-corrected chi connectivity index (χ3v) is 8.32. The van der Waals surface area contributed by atoms with Crippen molar-refractivity contribution >= 4 is 24.1 Å². The molecule has 5 amide bonds. The first-order valence-electron chi connectivity index (χ1n) is 14.7. The quantitative estimate of drug-likeness (QED) is 0.320. The number of likely N-dealkylation sites (tertiary alicyclic amines) is 1. The Morgan fingerprint density at radius 2 is 1.57 bits per heavy atom. The number of rotatable bonds is 8. The molecule has 10 heteroatoms. The maximum absolute atomic E-state index is 14.3. The van der Waals surface area contributed by atoms with Crippen molar-refractivity contribution in [3.63, 3.8) is 0 Å². The van der Waals surface area contributed by atoms with Crippen molar-refractivity contribution in [1.82, 2.24) is 4.90 Å². The zero-order valence-electron chi connectivity index (χ0n) is 25.0. The molecule has 0 radical (unpaired) electrons. The zero-order chi connectivity index (χ0) is 30.7. The predicted molar refractivity (Wildman–Crippen MR) is 158 cm³/mol. The molecule has 42 heavy (non-hydrogen) atoms. The van der Waals surface area contributed by atoms with Crippen LogP contribution in [0.25, 0.3) is 11.1 Å². The number of nitrogens with zero attached hydrogens (tertiary/aromatic N) is 2. The van der Waals surface area contributed by atoms with E-state index in [1.54, 1.807) is 27.7 Å². The van der Waals surface area contributed by atoms with E-state index in [9.17, 15) is 19.2 Å². The summed E-state index contributed by atoms with van der Waals surface area (Å²) in [5.74, 6) is -0.861. The summed E-state index contributed by atoms with van der Waals surface area (Å²) in [5.41, 5.74) is 14.7. The van der Waals surface area contributed by atoms with Gasteiger partial charge in [0.05, 0.1) is 6.54 Å². The Morgan fingerprint density at radius 1 is 0.976 bits per heavy atom. The molecule has 3 atom stereocenters. The molecule has 1 fully saturated rings. The van der Waals surface area contributed by atoms with Crippen LogP contribution in [0, 0.1) is 0 Å². The van der Waals surface area contributed by atoms with E-state index >= 15 is 0 Å². The number of carbonyl (C=O) groups is 4. The molecule has 2 aromatic rings. The number of benzene rings is 2. The fourth-order valence-electron chi connectivity index (χ4n) is 6.25. The lowest BCUT2D eigenvalue weighted by atomic mass is 9.98. The minimum absolute atomic E-state index is 0.0535. The Balaban J connectivity index is 1.69. The third-order valence-electron chi connectivity index (χ3n) is 8.32. The van der Waals surface area contributed by atoms with E-state index in [1.807, 2.05) is 48.5 Å². The van der Waals surface area contributed by atoms with Gasteiger partial charge in [-0.15, -0.1) is 0 Å². The van der Waals surface area contributed by atoms with Gasteiger partial charge in [0.25, 0.3) is 0 Å². The minimum Gasteiger partial charge on any atom is -0.448 e. The molecule has 1 heterocycles. The standard InChI is InChI=1S/C32H42N4O6/c1-21-12-11-19-36(21,29(34)38)28(37)27(17-9-10-18-33)35(31(40)42-32(2,3)4)30(39)41-20-26-24-15-7-5-13-22(24)23-14-6-8-16-25(23)26/h5-8,13-16,21,26-27H,9-12,17-20,33H2,1-4H3,(H-,34,38)/p+1/t21-,27+,36?/m1/s1. The second kappa shape index (κ2) is 12.6. The van der Waals surface area contributed by atoms with E-state index in [0.717, 1.165) is 27.2 Å². The first kappa shape index (κ1) is 31.2. The number of fused-ring (bicyclic) bond motifs is 3. The molecule has 2 aromatic carbocycles. The van der Waals surface area contributed by atoms with Crippen molar-refractivity contribution in [2.24, 2.45) is 11.5 Å². The molecule has 4 rings (SSSR count). The Bertz CT molecular complexity index is 1290. The largest absolute Gasteiger partial charge is 0.448 e. The van der Waals surface area contributed by atoms with E-state index in [0.29, 0.717) is 32.2 Å². The molecule has 4 N–H and O–H groups in total. The van der Waals surface area contributed by atoms with Crippen LogP contribution in [-0.2, 0) is 14.3 Å². The second-order valence-corrected chi connectivity index (χ2v) is 12.2. The maximum atomic E-state index is 14.3. The van der Waals surface area contributed by atoms with Gasteiger partial charge in [0.15, 0.2) is 6.04 Å². The summed E-state index contributed by atoms with van der Waals surface area (Å²) in [5, 5.41) is 0. The summed E-state index contributed by atoms with van der Waals surface area (Å²) in [7, 11) is 0. The molecule has 10 nitrogen and oxygen atoms in total. The Kier molecular flexibility index (Phi) is 9.37. The first-order valence-corrected chi connectivity index (χ1v) is 14.7.